The van der Waals surface area contributed by atoms with Crippen molar-refractivity contribution in [1.29, 1.82) is 0 Å². The molecular formula is C17H28N4O2. The highest BCUT2D eigenvalue weighted by atomic mass is 16.5. The molecule has 2 aliphatic rings. The molecule has 1 aromatic rings. The lowest BCUT2D eigenvalue weighted by molar-refractivity contribution is 0.127. The summed E-state index contributed by atoms with van der Waals surface area (Å²) < 4.78 is 5.45. The Morgan fingerprint density at radius 3 is 2.61 bits per heavy atom. The number of urea groups is 1. The van der Waals surface area contributed by atoms with Gasteiger partial charge in [-0.2, -0.15) is 4.98 Å². The van der Waals surface area contributed by atoms with Crippen LogP contribution in [0.4, 0.5) is 4.79 Å². The predicted octanol–water partition coefficient (Wildman–Crippen LogP) is 3.76. The van der Waals surface area contributed by atoms with Crippen molar-refractivity contribution in [3.63, 3.8) is 0 Å². The number of nitrogens with zero attached hydrogens (tertiary/aromatic N) is 3. The number of nitrogens with one attached hydrogen (secondary N) is 1. The second-order valence-corrected chi connectivity index (χ2v) is 7.13. The van der Waals surface area contributed by atoms with E-state index in [0.29, 0.717) is 11.9 Å². The van der Waals surface area contributed by atoms with Crippen LogP contribution in [-0.2, 0) is 0 Å². The summed E-state index contributed by atoms with van der Waals surface area (Å²) in [6.45, 7) is 4.86. The molecule has 1 saturated heterocycles. The molecule has 23 heavy (non-hydrogen) atoms. The van der Waals surface area contributed by atoms with Gasteiger partial charge in [0.25, 0.3) is 0 Å². The van der Waals surface area contributed by atoms with E-state index in [1.165, 1.54) is 19.3 Å². The van der Waals surface area contributed by atoms with Crippen molar-refractivity contribution in [2.24, 2.45) is 0 Å². The first-order valence-electron chi connectivity index (χ1n) is 9.06. The minimum Gasteiger partial charge on any atom is -0.337 e. The summed E-state index contributed by atoms with van der Waals surface area (Å²) >= 11 is 0. The van der Waals surface area contributed by atoms with Crippen molar-refractivity contribution in [1.82, 2.24) is 20.4 Å². The van der Waals surface area contributed by atoms with E-state index in [0.717, 1.165) is 44.5 Å². The molecule has 0 spiro atoms. The number of hydrogen-bond acceptors (Lipinski definition) is 4. The zero-order chi connectivity index (χ0) is 16.2. The van der Waals surface area contributed by atoms with Gasteiger partial charge in [-0.15, -0.1) is 0 Å². The van der Waals surface area contributed by atoms with Crippen LogP contribution in [0.1, 0.15) is 88.9 Å². The molecule has 1 N–H and O–H groups in total. The lowest BCUT2D eigenvalue weighted by Gasteiger charge is -2.35. The minimum atomic E-state index is -0.0765. The Balaban J connectivity index is 1.68. The van der Waals surface area contributed by atoms with E-state index in [-0.39, 0.29) is 18.0 Å². The Morgan fingerprint density at radius 2 is 1.91 bits per heavy atom. The number of hydrogen-bond donors (Lipinski definition) is 1. The molecule has 1 saturated carbocycles. The molecule has 1 aliphatic heterocycles. The van der Waals surface area contributed by atoms with E-state index in [1.807, 2.05) is 18.7 Å². The van der Waals surface area contributed by atoms with Crippen LogP contribution < -0.4 is 5.32 Å². The molecule has 128 valence electrons. The standard InChI is InChI=1S/C17H28N4O2/c1-12(2)15-19-16(23-20-15)14-10-6-7-11-21(14)17(22)18-13-8-4-3-5-9-13/h12-14H,3-11H2,1-2H3,(H,18,22)/t14-/m0/s1. The second kappa shape index (κ2) is 7.32. The van der Waals surface area contributed by atoms with Gasteiger partial charge in [0.15, 0.2) is 5.82 Å². The highest BCUT2D eigenvalue weighted by molar-refractivity contribution is 5.75. The molecule has 2 amide bonds. The fraction of sp³-hybridized carbons (Fsp3) is 0.824. The zero-order valence-corrected chi connectivity index (χ0v) is 14.3. The molecule has 3 rings (SSSR count). The van der Waals surface area contributed by atoms with Crippen LogP contribution in [0.15, 0.2) is 4.52 Å². The van der Waals surface area contributed by atoms with Gasteiger partial charge in [-0.1, -0.05) is 38.3 Å². The zero-order valence-electron chi connectivity index (χ0n) is 14.3. The van der Waals surface area contributed by atoms with Gasteiger partial charge < -0.3 is 14.7 Å². The average molecular weight is 320 g/mol. The van der Waals surface area contributed by atoms with Gasteiger partial charge in [-0.3, -0.25) is 0 Å². The number of carbonyl (C=O) groups excluding carboxylic acids is 1. The Labute approximate surface area is 138 Å². The van der Waals surface area contributed by atoms with E-state index in [2.05, 4.69) is 15.5 Å². The molecule has 6 nitrogen and oxygen atoms in total. The van der Waals surface area contributed by atoms with Crippen molar-refractivity contribution in [3.8, 4) is 0 Å². The highest BCUT2D eigenvalue weighted by Crippen LogP contribution is 2.31. The summed E-state index contributed by atoms with van der Waals surface area (Å²) in [7, 11) is 0. The third-order valence-corrected chi connectivity index (χ3v) is 4.96. The number of rotatable bonds is 3. The maximum atomic E-state index is 12.7. The average Bonchev–Trinajstić information content (AvgIpc) is 3.06. The second-order valence-electron chi connectivity index (χ2n) is 7.13. The Hall–Kier alpha value is -1.59. The van der Waals surface area contributed by atoms with Crippen LogP contribution in [-0.4, -0.2) is 33.7 Å². The number of carbonyl (C=O) groups is 1. The van der Waals surface area contributed by atoms with Crippen LogP contribution in [0.2, 0.25) is 0 Å². The van der Waals surface area contributed by atoms with Gasteiger partial charge in [0.2, 0.25) is 5.89 Å². The lowest BCUT2D eigenvalue weighted by Crippen LogP contribution is -2.48. The van der Waals surface area contributed by atoms with Crippen LogP contribution in [0.5, 0.6) is 0 Å². The molecule has 0 unspecified atom stereocenters. The molecule has 6 heteroatoms. The maximum Gasteiger partial charge on any atom is 0.318 e. The molecule has 2 heterocycles. The number of piperidine rings is 1. The lowest BCUT2D eigenvalue weighted by atomic mass is 9.95. The topological polar surface area (TPSA) is 71.3 Å². The fourth-order valence-electron chi connectivity index (χ4n) is 3.55. The van der Waals surface area contributed by atoms with Crippen molar-refractivity contribution in [3.05, 3.63) is 11.7 Å². The van der Waals surface area contributed by atoms with E-state index in [1.54, 1.807) is 0 Å². The van der Waals surface area contributed by atoms with E-state index in [9.17, 15) is 4.79 Å². The Bertz CT molecular complexity index is 522. The van der Waals surface area contributed by atoms with Crippen molar-refractivity contribution < 1.29 is 9.32 Å². The third-order valence-electron chi connectivity index (χ3n) is 4.96. The van der Waals surface area contributed by atoms with Gasteiger partial charge in [0.05, 0.1) is 0 Å². The normalized spacial score (nSPS) is 23.3. The number of aromatic nitrogens is 2. The van der Waals surface area contributed by atoms with Gasteiger partial charge >= 0.3 is 6.03 Å². The Morgan fingerprint density at radius 1 is 1.17 bits per heavy atom. The van der Waals surface area contributed by atoms with Crippen molar-refractivity contribution in [2.75, 3.05) is 6.54 Å². The van der Waals surface area contributed by atoms with Crippen LogP contribution in [0, 0.1) is 0 Å². The molecule has 2 fully saturated rings. The summed E-state index contributed by atoms with van der Waals surface area (Å²) in [4.78, 5) is 19.1. The maximum absolute atomic E-state index is 12.7. The third kappa shape index (κ3) is 3.85. The summed E-state index contributed by atoms with van der Waals surface area (Å²) in [5.41, 5.74) is 0. The SMILES string of the molecule is CC(C)c1noc([C@@H]2CCCCN2C(=O)NC2CCCCC2)n1. The van der Waals surface area contributed by atoms with Crippen LogP contribution in [0.25, 0.3) is 0 Å². The Kier molecular flexibility index (Phi) is 5.18. The summed E-state index contributed by atoms with van der Waals surface area (Å²) in [5, 5.41) is 7.27. The van der Waals surface area contributed by atoms with Gasteiger partial charge in [0.1, 0.15) is 6.04 Å². The molecule has 1 aliphatic carbocycles. The molecule has 1 atom stereocenters. The molecule has 1 aromatic heterocycles. The fourth-order valence-corrected chi connectivity index (χ4v) is 3.55. The van der Waals surface area contributed by atoms with Gasteiger partial charge in [-0.05, 0) is 32.1 Å². The summed E-state index contributed by atoms with van der Waals surface area (Å²) in [6.07, 6.45) is 8.96. The monoisotopic (exact) mass is 320 g/mol. The molecule has 0 aromatic carbocycles. The summed E-state index contributed by atoms with van der Waals surface area (Å²) in [5.74, 6) is 1.55. The molecular weight excluding hydrogens is 292 g/mol. The first-order valence-corrected chi connectivity index (χ1v) is 9.06. The quantitative estimate of drug-likeness (QED) is 0.920. The predicted molar refractivity (Wildman–Crippen MR) is 87.1 cm³/mol. The van der Waals surface area contributed by atoms with Gasteiger partial charge in [0, 0.05) is 18.5 Å². The first-order chi connectivity index (χ1) is 11.1. The smallest absolute Gasteiger partial charge is 0.318 e. The minimum absolute atomic E-state index is 0.0332. The molecule has 0 radical (unpaired) electrons. The van der Waals surface area contributed by atoms with E-state index < -0.39 is 0 Å². The number of amides is 2. The summed E-state index contributed by atoms with van der Waals surface area (Å²) in [6, 6.07) is 0.283. The van der Waals surface area contributed by atoms with Crippen molar-refractivity contribution >= 4 is 6.03 Å². The highest BCUT2D eigenvalue weighted by Gasteiger charge is 2.33. The first kappa shape index (κ1) is 16.3. The van der Waals surface area contributed by atoms with E-state index in [4.69, 9.17) is 4.52 Å². The molecule has 0 bridgehead atoms. The van der Waals surface area contributed by atoms with Gasteiger partial charge in [-0.25, -0.2) is 4.79 Å². The van der Waals surface area contributed by atoms with E-state index >= 15 is 0 Å². The largest absolute Gasteiger partial charge is 0.337 e. The number of likely N-dealkylation sites (tertiary alicyclic amines) is 1. The van der Waals surface area contributed by atoms with Crippen LogP contribution >= 0.6 is 0 Å². The van der Waals surface area contributed by atoms with Crippen LogP contribution in [0.3, 0.4) is 0 Å². The van der Waals surface area contributed by atoms with Crippen molar-refractivity contribution in [2.45, 2.75) is 83.2 Å².